The van der Waals surface area contributed by atoms with Crippen molar-refractivity contribution in [2.75, 3.05) is 12.3 Å². The normalized spacial score (nSPS) is 14.0. The molecule has 0 saturated heterocycles. The van der Waals surface area contributed by atoms with Crippen molar-refractivity contribution >= 4 is 50.2 Å². The van der Waals surface area contributed by atoms with Crippen LogP contribution in [0.25, 0.3) is 10.8 Å². The van der Waals surface area contributed by atoms with Crippen molar-refractivity contribution in [3.05, 3.63) is 75.4 Å². The molecule has 0 spiro atoms. The number of aliphatic imine (C=N–C) groups is 1. The van der Waals surface area contributed by atoms with Gasteiger partial charge in [0, 0.05) is 17.9 Å². The summed E-state index contributed by atoms with van der Waals surface area (Å²) in [6, 6.07) is 21.1. The number of ether oxygens (including phenoxy) is 1. The van der Waals surface area contributed by atoms with E-state index in [0.717, 1.165) is 26.7 Å². The van der Waals surface area contributed by atoms with Crippen LogP contribution in [0, 0.1) is 3.57 Å². The van der Waals surface area contributed by atoms with Crippen LogP contribution in [0.2, 0.25) is 0 Å². The SMILES string of the molecule is Ic1cc(C2=NCCS2)ccc1OCc1cccc2ccccc12. The van der Waals surface area contributed by atoms with Crippen LogP contribution in [0.15, 0.2) is 65.7 Å². The van der Waals surface area contributed by atoms with E-state index in [1.54, 1.807) is 0 Å². The minimum Gasteiger partial charge on any atom is -0.488 e. The molecule has 0 N–H and O–H groups in total. The van der Waals surface area contributed by atoms with Gasteiger partial charge in [-0.15, -0.1) is 11.8 Å². The van der Waals surface area contributed by atoms with Crippen LogP contribution in [0.1, 0.15) is 11.1 Å². The summed E-state index contributed by atoms with van der Waals surface area (Å²) in [5, 5.41) is 3.65. The number of halogens is 1. The lowest BCUT2D eigenvalue weighted by molar-refractivity contribution is 0.305. The molecule has 1 aliphatic heterocycles. The Bertz CT molecular complexity index is 917. The molecule has 0 radical (unpaired) electrons. The third-order valence-electron chi connectivity index (χ3n) is 4.03. The monoisotopic (exact) mass is 445 g/mol. The van der Waals surface area contributed by atoms with E-state index >= 15 is 0 Å². The largest absolute Gasteiger partial charge is 0.488 e. The topological polar surface area (TPSA) is 21.6 Å². The fraction of sp³-hybridized carbons (Fsp3) is 0.150. The predicted molar refractivity (Wildman–Crippen MR) is 111 cm³/mol. The lowest BCUT2D eigenvalue weighted by Gasteiger charge is -2.11. The smallest absolute Gasteiger partial charge is 0.133 e. The summed E-state index contributed by atoms with van der Waals surface area (Å²) in [4.78, 5) is 4.54. The van der Waals surface area contributed by atoms with Crippen molar-refractivity contribution in [2.45, 2.75) is 6.61 Å². The molecule has 1 aliphatic rings. The summed E-state index contributed by atoms with van der Waals surface area (Å²) in [7, 11) is 0. The van der Waals surface area contributed by atoms with Gasteiger partial charge >= 0.3 is 0 Å². The highest BCUT2D eigenvalue weighted by atomic mass is 127. The maximum Gasteiger partial charge on any atom is 0.133 e. The molecule has 0 amide bonds. The molecule has 0 atom stereocenters. The summed E-state index contributed by atoms with van der Waals surface area (Å²) in [6.07, 6.45) is 0. The van der Waals surface area contributed by atoms with E-state index in [1.807, 2.05) is 11.8 Å². The van der Waals surface area contributed by atoms with Crippen LogP contribution < -0.4 is 4.74 Å². The molecule has 0 aliphatic carbocycles. The first-order chi connectivity index (χ1) is 11.8. The van der Waals surface area contributed by atoms with Gasteiger partial charge < -0.3 is 4.74 Å². The summed E-state index contributed by atoms with van der Waals surface area (Å²) in [5.41, 5.74) is 2.41. The van der Waals surface area contributed by atoms with Gasteiger partial charge in [0.15, 0.2) is 0 Å². The summed E-state index contributed by atoms with van der Waals surface area (Å²) < 4.78 is 7.22. The van der Waals surface area contributed by atoms with Crippen LogP contribution >= 0.6 is 34.4 Å². The molecule has 0 unspecified atom stereocenters. The zero-order valence-corrected chi connectivity index (χ0v) is 16.0. The lowest BCUT2D eigenvalue weighted by atomic mass is 10.1. The summed E-state index contributed by atoms with van der Waals surface area (Å²) >= 11 is 4.17. The first-order valence-corrected chi connectivity index (χ1v) is 9.94. The second kappa shape index (κ2) is 7.15. The van der Waals surface area contributed by atoms with Gasteiger partial charge in [0.05, 0.1) is 8.61 Å². The van der Waals surface area contributed by atoms with Crippen molar-refractivity contribution in [2.24, 2.45) is 4.99 Å². The van der Waals surface area contributed by atoms with Crippen LogP contribution in [0.4, 0.5) is 0 Å². The number of nitrogens with zero attached hydrogens (tertiary/aromatic N) is 1. The standard InChI is InChI=1S/C20H16INOS/c21-18-12-15(20-22-10-11-24-20)8-9-19(18)23-13-16-6-3-5-14-4-1-2-7-17(14)16/h1-9,12H,10-11,13H2. The number of hydrogen-bond acceptors (Lipinski definition) is 3. The van der Waals surface area contributed by atoms with Crippen molar-refractivity contribution in [1.29, 1.82) is 0 Å². The van der Waals surface area contributed by atoms with Crippen LogP contribution in [-0.4, -0.2) is 17.3 Å². The first-order valence-electron chi connectivity index (χ1n) is 7.88. The van der Waals surface area contributed by atoms with E-state index in [-0.39, 0.29) is 0 Å². The Kier molecular flexibility index (Phi) is 4.76. The third-order valence-corrected chi connectivity index (χ3v) is 5.90. The average Bonchev–Trinajstić information content (AvgIpc) is 3.15. The average molecular weight is 445 g/mol. The number of hydrogen-bond donors (Lipinski definition) is 0. The van der Waals surface area contributed by atoms with Gasteiger partial charge in [-0.1, -0.05) is 42.5 Å². The third kappa shape index (κ3) is 3.30. The van der Waals surface area contributed by atoms with Gasteiger partial charge in [-0.3, -0.25) is 4.99 Å². The van der Waals surface area contributed by atoms with Gasteiger partial charge in [-0.05, 0) is 57.1 Å². The van der Waals surface area contributed by atoms with E-state index in [0.29, 0.717) is 6.61 Å². The van der Waals surface area contributed by atoms with E-state index in [4.69, 9.17) is 4.74 Å². The van der Waals surface area contributed by atoms with E-state index in [1.165, 1.54) is 21.9 Å². The minimum atomic E-state index is 0.576. The Hall–Kier alpha value is -1.53. The van der Waals surface area contributed by atoms with Gasteiger partial charge in [-0.2, -0.15) is 0 Å². The van der Waals surface area contributed by atoms with Crippen LogP contribution in [0.5, 0.6) is 5.75 Å². The van der Waals surface area contributed by atoms with E-state index < -0.39 is 0 Å². The molecule has 0 fully saturated rings. The molecule has 0 aromatic heterocycles. The molecule has 120 valence electrons. The number of thioether (sulfide) groups is 1. The fourth-order valence-electron chi connectivity index (χ4n) is 2.83. The second-order valence-electron chi connectivity index (χ2n) is 5.61. The number of fused-ring (bicyclic) bond motifs is 1. The Morgan fingerprint density at radius 1 is 1.04 bits per heavy atom. The molecule has 0 saturated carbocycles. The number of rotatable bonds is 4. The maximum absolute atomic E-state index is 6.09. The Balaban J connectivity index is 1.55. The number of benzene rings is 3. The van der Waals surface area contributed by atoms with Gasteiger partial charge in [0.25, 0.3) is 0 Å². The lowest BCUT2D eigenvalue weighted by Crippen LogP contribution is -1.99. The quantitative estimate of drug-likeness (QED) is 0.494. The van der Waals surface area contributed by atoms with Crippen LogP contribution in [0.3, 0.4) is 0 Å². The van der Waals surface area contributed by atoms with Gasteiger partial charge in [0.2, 0.25) is 0 Å². The molecule has 3 aromatic rings. The Morgan fingerprint density at radius 3 is 2.75 bits per heavy atom. The van der Waals surface area contributed by atoms with Gasteiger partial charge in [-0.25, -0.2) is 0 Å². The minimum absolute atomic E-state index is 0.576. The highest BCUT2D eigenvalue weighted by Crippen LogP contribution is 2.28. The molecule has 4 heteroatoms. The van der Waals surface area contributed by atoms with Crippen molar-refractivity contribution in [3.8, 4) is 5.75 Å². The van der Waals surface area contributed by atoms with E-state index in [2.05, 4.69) is 88.2 Å². The van der Waals surface area contributed by atoms with Crippen LogP contribution in [-0.2, 0) is 6.61 Å². The first kappa shape index (κ1) is 16.0. The van der Waals surface area contributed by atoms with E-state index in [9.17, 15) is 0 Å². The van der Waals surface area contributed by atoms with Crippen molar-refractivity contribution in [3.63, 3.8) is 0 Å². The van der Waals surface area contributed by atoms with Gasteiger partial charge in [0.1, 0.15) is 12.4 Å². The molecule has 4 rings (SSSR count). The maximum atomic E-state index is 6.09. The highest BCUT2D eigenvalue weighted by molar-refractivity contribution is 14.1. The summed E-state index contributed by atoms with van der Waals surface area (Å²) in [6.45, 7) is 1.50. The zero-order chi connectivity index (χ0) is 16.4. The molecule has 3 aromatic carbocycles. The predicted octanol–water partition coefficient (Wildman–Crippen LogP) is 5.52. The molecule has 2 nitrogen and oxygen atoms in total. The van der Waals surface area contributed by atoms with Crippen molar-refractivity contribution < 1.29 is 4.74 Å². The Labute approximate surface area is 159 Å². The summed E-state index contributed by atoms with van der Waals surface area (Å²) in [5.74, 6) is 2.02. The fourth-order valence-corrected chi connectivity index (χ4v) is 4.36. The Morgan fingerprint density at radius 2 is 1.92 bits per heavy atom. The molecular weight excluding hydrogens is 429 g/mol. The molecule has 24 heavy (non-hydrogen) atoms. The highest BCUT2D eigenvalue weighted by Gasteiger charge is 2.12. The second-order valence-corrected chi connectivity index (χ2v) is 7.85. The molecule has 1 heterocycles. The molecule has 0 bridgehead atoms. The zero-order valence-electron chi connectivity index (χ0n) is 13.0. The molecular formula is C20H16INOS. The van der Waals surface area contributed by atoms with Crippen molar-refractivity contribution in [1.82, 2.24) is 0 Å².